The molecule has 0 amide bonds. The van der Waals surface area contributed by atoms with Crippen molar-refractivity contribution < 1.29 is 22.4 Å². The summed E-state index contributed by atoms with van der Waals surface area (Å²) in [6.07, 6.45) is -2.88. The molecule has 1 rings (SSSR count). The summed E-state index contributed by atoms with van der Waals surface area (Å²) in [6, 6.07) is 2.32. The molecule has 1 aromatic heterocycles. The van der Waals surface area contributed by atoms with Crippen molar-refractivity contribution in [1.29, 1.82) is 0 Å². The molecule has 0 fully saturated rings. The van der Waals surface area contributed by atoms with E-state index in [0.29, 0.717) is 6.42 Å². The van der Waals surface area contributed by atoms with Crippen LogP contribution in [-0.2, 0) is 0 Å². The van der Waals surface area contributed by atoms with Crippen LogP contribution in [-0.4, -0.2) is 41.5 Å². The summed E-state index contributed by atoms with van der Waals surface area (Å²) in [7, 11) is 0. The number of hydrogen-bond donors (Lipinski definition) is 0. The number of hydrogen-bond acceptors (Lipinski definition) is 3. The van der Waals surface area contributed by atoms with Gasteiger partial charge < -0.3 is 0 Å². The monoisotopic (exact) mass is 292 g/mol. The van der Waals surface area contributed by atoms with E-state index in [1.165, 1.54) is 11.0 Å². The average Bonchev–Trinajstić information content (AvgIpc) is 2.35. The molecule has 0 aromatic carbocycles. The van der Waals surface area contributed by atoms with Crippen LogP contribution in [0, 0.1) is 5.82 Å². The molecule has 0 radical (unpaired) electrons. The number of aromatic nitrogens is 1. The Morgan fingerprint density at radius 3 is 2.50 bits per heavy atom. The van der Waals surface area contributed by atoms with Crippen LogP contribution in [0.2, 0.25) is 0 Å². The van der Waals surface area contributed by atoms with E-state index in [1.54, 1.807) is 6.92 Å². The fourth-order valence-corrected chi connectivity index (χ4v) is 1.77. The number of Topliss-reactive ketones (excluding diaryl/α,β-unsaturated/α-hetero) is 1. The molecule has 0 saturated heterocycles. The number of carbonyl (C=O) groups is 1. The molecular formula is C13H16F4N2O. The minimum absolute atomic E-state index is 0.00520. The molecule has 0 aliphatic carbocycles. The Bertz CT molecular complexity index is 431. The Balaban J connectivity index is 2.54. The predicted octanol–water partition coefficient (Wildman–Crippen LogP) is 3.07. The van der Waals surface area contributed by atoms with Gasteiger partial charge in [0.05, 0.1) is 12.7 Å². The van der Waals surface area contributed by atoms with Crippen LogP contribution in [0.3, 0.4) is 0 Å². The summed E-state index contributed by atoms with van der Waals surface area (Å²) in [5, 5.41) is 0. The number of nitrogens with zero attached hydrogens (tertiary/aromatic N) is 2. The average molecular weight is 292 g/mol. The van der Waals surface area contributed by atoms with Crippen molar-refractivity contribution in [3.63, 3.8) is 0 Å². The smallest absolute Gasteiger partial charge is 0.295 e. The molecule has 0 aliphatic heterocycles. The lowest BCUT2D eigenvalue weighted by Crippen LogP contribution is -2.36. The van der Waals surface area contributed by atoms with Crippen molar-refractivity contribution >= 4 is 5.78 Å². The van der Waals surface area contributed by atoms with Crippen LogP contribution < -0.4 is 0 Å². The molecule has 0 N–H and O–H groups in total. The summed E-state index contributed by atoms with van der Waals surface area (Å²) < 4.78 is 49.7. The standard InChI is InChI=1S/C13H16F4N2O/c1-2-6-19(9-13(15,16)17)7-5-12(20)11-4-3-10(14)8-18-11/h3-4,8H,2,5-7,9H2,1H3. The first kappa shape index (κ1) is 16.6. The second-order valence-corrected chi connectivity index (χ2v) is 4.43. The summed E-state index contributed by atoms with van der Waals surface area (Å²) in [5.41, 5.74) is 0.0647. The molecule has 1 heterocycles. The van der Waals surface area contributed by atoms with Crippen LogP contribution in [0.15, 0.2) is 18.3 Å². The molecule has 7 heteroatoms. The first-order valence-corrected chi connectivity index (χ1v) is 6.25. The molecule has 1 aromatic rings. The number of halogens is 4. The molecule has 20 heavy (non-hydrogen) atoms. The number of rotatable bonds is 7. The lowest BCUT2D eigenvalue weighted by atomic mass is 10.2. The van der Waals surface area contributed by atoms with Gasteiger partial charge in [-0.2, -0.15) is 13.2 Å². The summed E-state index contributed by atoms with van der Waals surface area (Å²) in [6.45, 7) is 1.01. The fraction of sp³-hybridized carbons (Fsp3) is 0.538. The minimum atomic E-state index is -4.29. The fourth-order valence-electron chi connectivity index (χ4n) is 1.77. The maximum absolute atomic E-state index is 12.6. The van der Waals surface area contributed by atoms with E-state index in [1.807, 2.05) is 0 Å². The van der Waals surface area contributed by atoms with Crippen molar-refractivity contribution in [3.05, 3.63) is 29.8 Å². The number of pyridine rings is 1. The largest absolute Gasteiger partial charge is 0.401 e. The highest BCUT2D eigenvalue weighted by Crippen LogP contribution is 2.17. The van der Waals surface area contributed by atoms with E-state index in [4.69, 9.17) is 0 Å². The van der Waals surface area contributed by atoms with Crippen molar-refractivity contribution in [2.45, 2.75) is 25.9 Å². The Hall–Kier alpha value is -1.50. The molecule has 0 saturated carbocycles. The van der Waals surface area contributed by atoms with Crippen LogP contribution in [0.1, 0.15) is 30.3 Å². The van der Waals surface area contributed by atoms with Crippen LogP contribution in [0.5, 0.6) is 0 Å². The normalized spacial score (nSPS) is 11.9. The maximum atomic E-state index is 12.6. The van der Waals surface area contributed by atoms with Crippen LogP contribution >= 0.6 is 0 Å². The van der Waals surface area contributed by atoms with E-state index in [-0.39, 0.29) is 25.2 Å². The Kier molecular flexibility index (Phi) is 6.06. The van der Waals surface area contributed by atoms with Gasteiger partial charge in [-0.15, -0.1) is 0 Å². The SMILES string of the molecule is CCCN(CCC(=O)c1ccc(F)cn1)CC(F)(F)F. The van der Waals surface area contributed by atoms with E-state index < -0.39 is 24.3 Å². The van der Waals surface area contributed by atoms with Gasteiger partial charge in [-0.1, -0.05) is 6.92 Å². The lowest BCUT2D eigenvalue weighted by molar-refractivity contribution is -0.145. The molecule has 112 valence electrons. The van der Waals surface area contributed by atoms with Crippen molar-refractivity contribution in [1.82, 2.24) is 9.88 Å². The molecular weight excluding hydrogens is 276 g/mol. The first-order chi connectivity index (χ1) is 9.31. The van der Waals surface area contributed by atoms with Crippen molar-refractivity contribution in [3.8, 4) is 0 Å². The highest BCUT2D eigenvalue weighted by molar-refractivity contribution is 5.94. The Morgan fingerprint density at radius 1 is 1.30 bits per heavy atom. The number of alkyl halides is 3. The molecule has 0 atom stereocenters. The second-order valence-electron chi connectivity index (χ2n) is 4.43. The third-order valence-electron chi connectivity index (χ3n) is 2.61. The summed E-state index contributed by atoms with van der Waals surface area (Å²) in [5.74, 6) is -0.959. The minimum Gasteiger partial charge on any atom is -0.295 e. The van der Waals surface area contributed by atoms with Crippen LogP contribution in [0.25, 0.3) is 0 Å². The van der Waals surface area contributed by atoms with E-state index >= 15 is 0 Å². The summed E-state index contributed by atoms with van der Waals surface area (Å²) >= 11 is 0. The van der Waals surface area contributed by atoms with Gasteiger partial charge in [0, 0.05) is 13.0 Å². The van der Waals surface area contributed by atoms with Gasteiger partial charge in [0.1, 0.15) is 11.5 Å². The van der Waals surface area contributed by atoms with E-state index in [0.717, 1.165) is 12.3 Å². The van der Waals surface area contributed by atoms with Gasteiger partial charge in [-0.05, 0) is 25.1 Å². The van der Waals surface area contributed by atoms with E-state index in [9.17, 15) is 22.4 Å². The molecule has 3 nitrogen and oxygen atoms in total. The van der Waals surface area contributed by atoms with E-state index in [2.05, 4.69) is 4.98 Å². The van der Waals surface area contributed by atoms with Gasteiger partial charge in [0.2, 0.25) is 0 Å². The quantitative estimate of drug-likeness (QED) is 0.572. The predicted molar refractivity (Wildman–Crippen MR) is 65.9 cm³/mol. The number of carbonyl (C=O) groups excluding carboxylic acids is 1. The van der Waals surface area contributed by atoms with Crippen molar-refractivity contribution in [2.75, 3.05) is 19.6 Å². The highest BCUT2D eigenvalue weighted by atomic mass is 19.4. The van der Waals surface area contributed by atoms with Gasteiger partial charge in [0.15, 0.2) is 5.78 Å². The zero-order valence-corrected chi connectivity index (χ0v) is 11.1. The second kappa shape index (κ2) is 7.33. The topological polar surface area (TPSA) is 33.2 Å². The van der Waals surface area contributed by atoms with Crippen molar-refractivity contribution in [2.24, 2.45) is 0 Å². The zero-order valence-electron chi connectivity index (χ0n) is 11.1. The third-order valence-corrected chi connectivity index (χ3v) is 2.61. The number of ketones is 1. The Labute approximate surface area is 114 Å². The lowest BCUT2D eigenvalue weighted by Gasteiger charge is -2.22. The highest BCUT2D eigenvalue weighted by Gasteiger charge is 2.30. The molecule has 0 aliphatic rings. The maximum Gasteiger partial charge on any atom is 0.401 e. The Morgan fingerprint density at radius 2 is 2.00 bits per heavy atom. The molecule has 0 bridgehead atoms. The first-order valence-electron chi connectivity index (χ1n) is 6.25. The van der Waals surface area contributed by atoms with Gasteiger partial charge in [0.25, 0.3) is 0 Å². The van der Waals surface area contributed by atoms with Gasteiger partial charge in [-0.3, -0.25) is 14.7 Å². The van der Waals surface area contributed by atoms with Crippen LogP contribution in [0.4, 0.5) is 17.6 Å². The van der Waals surface area contributed by atoms with Gasteiger partial charge in [-0.25, -0.2) is 4.39 Å². The third kappa shape index (κ3) is 6.10. The zero-order chi connectivity index (χ0) is 15.2. The summed E-state index contributed by atoms with van der Waals surface area (Å²) in [4.78, 5) is 16.5. The molecule has 0 unspecified atom stereocenters. The van der Waals surface area contributed by atoms with Gasteiger partial charge >= 0.3 is 6.18 Å². The molecule has 0 spiro atoms.